The lowest BCUT2D eigenvalue weighted by atomic mass is 10.1. The van der Waals surface area contributed by atoms with E-state index in [-0.39, 0.29) is 21.9 Å². The lowest BCUT2D eigenvalue weighted by molar-refractivity contribution is -0.117. The third-order valence-electron chi connectivity index (χ3n) is 2.72. The van der Waals surface area contributed by atoms with E-state index in [0.29, 0.717) is 18.7 Å². The van der Waals surface area contributed by atoms with Crippen molar-refractivity contribution in [2.45, 2.75) is 11.2 Å². The molecule has 1 aromatic carbocycles. The topological polar surface area (TPSA) is 81.4 Å². The maximum Gasteiger partial charge on any atom is 0.337 e. The van der Waals surface area contributed by atoms with Crippen molar-refractivity contribution in [3.05, 3.63) is 29.3 Å². The molecule has 1 unspecified atom stereocenters. The summed E-state index contributed by atoms with van der Waals surface area (Å²) >= 11 is 3.34. The number of halogens is 1. The van der Waals surface area contributed by atoms with Crippen LogP contribution in [0.15, 0.2) is 18.2 Å². The van der Waals surface area contributed by atoms with Crippen molar-refractivity contribution < 1.29 is 14.7 Å². The Balaban J connectivity index is 2.48. The van der Waals surface area contributed by atoms with E-state index in [1.54, 1.807) is 0 Å². The molecular weight excluding hydrogens is 300 g/mol. The molecule has 2 rings (SSSR count). The van der Waals surface area contributed by atoms with Gasteiger partial charge >= 0.3 is 5.97 Å². The summed E-state index contributed by atoms with van der Waals surface area (Å²) in [5, 5.41) is 17.9. The van der Waals surface area contributed by atoms with Crippen LogP contribution in [0.5, 0.6) is 0 Å². The van der Waals surface area contributed by atoms with Crippen molar-refractivity contribution in [2.75, 3.05) is 11.4 Å². The highest BCUT2D eigenvalue weighted by molar-refractivity contribution is 9.09. The molecule has 1 aromatic rings. The molecule has 1 amide bonds. The minimum atomic E-state index is -1.15. The fraction of sp³-hybridized carbons (Fsp3) is 0.250. The number of carbonyl (C=O) groups is 2. The minimum Gasteiger partial charge on any atom is -0.478 e. The van der Waals surface area contributed by atoms with Crippen LogP contribution in [0.2, 0.25) is 0 Å². The third kappa shape index (κ3) is 2.22. The number of benzene rings is 1. The Kier molecular flexibility index (Phi) is 3.34. The quantitative estimate of drug-likeness (QED) is 0.844. The molecule has 18 heavy (non-hydrogen) atoms. The van der Waals surface area contributed by atoms with Crippen molar-refractivity contribution in [3.63, 3.8) is 0 Å². The zero-order chi connectivity index (χ0) is 13.3. The fourth-order valence-corrected chi connectivity index (χ4v) is 2.48. The second-order valence-corrected chi connectivity index (χ2v) is 5.25. The third-order valence-corrected chi connectivity index (χ3v) is 3.34. The molecule has 92 valence electrons. The average Bonchev–Trinajstić information content (AvgIpc) is 2.67. The smallest absolute Gasteiger partial charge is 0.337 e. The first kappa shape index (κ1) is 12.6. The Hall–Kier alpha value is -1.87. The Labute approximate surface area is 112 Å². The van der Waals surface area contributed by atoms with Crippen LogP contribution in [0, 0.1) is 11.3 Å². The normalized spacial score (nSPS) is 18.8. The molecule has 1 N–H and O–H groups in total. The van der Waals surface area contributed by atoms with E-state index in [0.717, 1.165) is 0 Å². The highest BCUT2D eigenvalue weighted by Gasteiger charge is 2.31. The second-order valence-electron chi connectivity index (χ2n) is 3.95. The molecule has 0 bridgehead atoms. The molecule has 1 atom stereocenters. The Morgan fingerprint density at radius 1 is 1.56 bits per heavy atom. The van der Waals surface area contributed by atoms with Gasteiger partial charge in [-0.2, -0.15) is 5.26 Å². The molecule has 0 radical (unpaired) electrons. The van der Waals surface area contributed by atoms with Gasteiger partial charge in [0.25, 0.3) is 0 Å². The van der Waals surface area contributed by atoms with Gasteiger partial charge in [0.05, 0.1) is 22.9 Å². The molecule has 1 aliphatic rings. The van der Waals surface area contributed by atoms with Crippen LogP contribution < -0.4 is 4.90 Å². The number of nitrogens with zero attached hydrogens (tertiary/aromatic N) is 2. The first-order valence-corrected chi connectivity index (χ1v) is 6.16. The standard InChI is InChI=1S/C12H9BrN2O3/c13-8-4-11(16)15(6-8)10-2-1-7(5-14)3-9(10)12(17)18/h1-3,8H,4,6H2,(H,17,18). The van der Waals surface area contributed by atoms with Crippen molar-refractivity contribution in [1.29, 1.82) is 5.26 Å². The van der Waals surface area contributed by atoms with Gasteiger partial charge in [-0.15, -0.1) is 0 Å². The number of carboxylic acids is 1. The molecule has 1 heterocycles. The number of carbonyl (C=O) groups excluding carboxylic acids is 1. The van der Waals surface area contributed by atoms with Crippen LogP contribution >= 0.6 is 15.9 Å². The highest BCUT2D eigenvalue weighted by atomic mass is 79.9. The highest BCUT2D eigenvalue weighted by Crippen LogP contribution is 2.28. The molecule has 5 nitrogen and oxygen atoms in total. The predicted molar refractivity (Wildman–Crippen MR) is 67.8 cm³/mol. The number of hydrogen-bond acceptors (Lipinski definition) is 3. The predicted octanol–water partition coefficient (Wildman–Crippen LogP) is 1.76. The molecule has 0 aromatic heterocycles. The van der Waals surface area contributed by atoms with E-state index in [1.165, 1.54) is 23.1 Å². The van der Waals surface area contributed by atoms with Crippen LogP contribution in [-0.2, 0) is 4.79 Å². The number of nitriles is 1. The number of aromatic carboxylic acids is 1. The Morgan fingerprint density at radius 2 is 2.28 bits per heavy atom. The monoisotopic (exact) mass is 308 g/mol. The molecule has 1 aliphatic heterocycles. The number of amides is 1. The molecular formula is C12H9BrN2O3. The van der Waals surface area contributed by atoms with Crippen molar-refractivity contribution in [3.8, 4) is 6.07 Å². The van der Waals surface area contributed by atoms with Crippen molar-refractivity contribution in [1.82, 2.24) is 0 Å². The first-order chi connectivity index (χ1) is 8.52. The Bertz CT molecular complexity index is 565. The van der Waals surface area contributed by atoms with Crippen molar-refractivity contribution in [2.24, 2.45) is 0 Å². The van der Waals surface area contributed by atoms with Crippen LogP contribution in [-0.4, -0.2) is 28.4 Å². The number of anilines is 1. The van der Waals surface area contributed by atoms with Gasteiger partial charge in [-0.25, -0.2) is 4.79 Å². The van der Waals surface area contributed by atoms with Crippen molar-refractivity contribution >= 4 is 33.5 Å². The van der Waals surface area contributed by atoms with E-state index >= 15 is 0 Å². The van der Waals surface area contributed by atoms with E-state index in [4.69, 9.17) is 10.4 Å². The summed E-state index contributed by atoms with van der Waals surface area (Å²) in [6, 6.07) is 6.18. The summed E-state index contributed by atoms with van der Waals surface area (Å²) < 4.78 is 0. The van der Waals surface area contributed by atoms with Gasteiger partial charge in [0.1, 0.15) is 0 Å². The first-order valence-electron chi connectivity index (χ1n) is 5.25. The lowest BCUT2D eigenvalue weighted by Crippen LogP contribution is -2.26. The van der Waals surface area contributed by atoms with Crippen LogP contribution in [0.1, 0.15) is 22.3 Å². The largest absolute Gasteiger partial charge is 0.478 e. The molecule has 0 saturated carbocycles. The summed E-state index contributed by atoms with van der Waals surface area (Å²) in [6.07, 6.45) is 0.346. The summed E-state index contributed by atoms with van der Waals surface area (Å²) in [5.74, 6) is -1.27. The van der Waals surface area contributed by atoms with Gasteiger partial charge in [0.2, 0.25) is 5.91 Å². The molecule has 0 spiro atoms. The van der Waals surface area contributed by atoms with E-state index < -0.39 is 5.97 Å². The maximum atomic E-state index is 11.8. The van der Waals surface area contributed by atoms with E-state index in [1.807, 2.05) is 6.07 Å². The van der Waals surface area contributed by atoms with Crippen LogP contribution in [0.25, 0.3) is 0 Å². The maximum absolute atomic E-state index is 11.8. The number of alkyl halides is 1. The Morgan fingerprint density at radius 3 is 2.78 bits per heavy atom. The van der Waals surface area contributed by atoms with Gasteiger partial charge in [-0.3, -0.25) is 4.79 Å². The number of carboxylic acid groups (broad SMARTS) is 1. The summed E-state index contributed by atoms with van der Waals surface area (Å²) in [6.45, 7) is 0.436. The zero-order valence-corrected chi connectivity index (χ0v) is 10.8. The molecule has 1 fully saturated rings. The summed E-state index contributed by atoms with van der Waals surface area (Å²) in [7, 11) is 0. The second kappa shape index (κ2) is 4.78. The van der Waals surface area contributed by atoms with Gasteiger partial charge in [0.15, 0.2) is 0 Å². The van der Waals surface area contributed by atoms with E-state index in [9.17, 15) is 9.59 Å². The summed E-state index contributed by atoms with van der Waals surface area (Å²) in [4.78, 5) is 24.4. The lowest BCUT2D eigenvalue weighted by Gasteiger charge is -2.18. The number of rotatable bonds is 2. The summed E-state index contributed by atoms with van der Waals surface area (Å²) in [5.41, 5.74) is 0.579. The SMILES string of the molecule is N#Cc1ccc(N2CC(Br)CC2=O)c(C(=O)O)c1. The van der Waals surface area contributed by atoms with Gasteiger partial charge in [-0.05, 0) is 18.2 Å². The van der Waals surface area contributed by atoms with Gasteiger partial charge in [-0.1, -0.05) is 15.9 Å². The molecule has 0 aliphatic carbocycles. The van der Waals surface area contributed by atoms with Crippen LogP contribution in [0.4, 0.5) is 5.69 Å². The van der Waals surface area contributed by atoms with Gasteiger partial charge < -0.3 is 10.0 Å². The number of hydrogen-bond donors (Lipinski definition) is 1. The molecule has 1 saturated heterocycles. The van der Waals surface area contributed by atoms with E-state index in [2.05, 4.69) is 15.9 Å². The fourth-order valence-electron chi connectivity index (χ4n) is 1.91. The average molecular weight is 309 g/mol. The van der Waals surface area contributed by atoms with Gasteiger partial charge in [0, 0.05) is 17.8 Å². The molecule has 6 heteroatoms. The van der Waals surface area contributed by atoms with Crippen LogP contribution in [0.3, 0.4) is 0 Å². The zero-order valence-electron chi connectivity index (χ0n) is 9.26. The minimum absolute atomic E-state index is 0.0241.